The monoisotopic (exact) mass is 962 g/mol. The van der Waals surface area contributed by atoms with Crippen LogP contribution in [-0.2, 0) is 0 Å². The Morgan fingerprint density at radius 2 is 0.743 bits per heavy atom. The molecule has 0 atom stereocenters. The molecule has 0 aliphatic heterocycles. The highest BCUT2D eigenvalue weighted by Crippen LogP contribution is 2.50. The molecule has 0 aliphatic rings. The zero-order chi connectivity index (χ0) is 50.5. The van der Waals surface area contributed by atoms with E-state index in [1.54, 1.807) is 24.3 Å². The lowest BCUT2D eigenvalue weighted by molar-refractivity contribution is 0.583. The topological polar surface area (TPSA) is 34.6 Å². The maximum Gasteiger partial charge on any atom is 0.187 e. The predicted octanol–water partition coefficient (Wildman–Crippen LogP) is 19.2. The number of benzene rings is 12. The predicted molar refractivity (Wildman–Crippen MR) is 292 cm³/mol. The second kappa shape index (κ2) is 18.6. The van der Waals surface area contributed by atoms with Gasteiger partial charge >= 0.3 is 0 Å². The van der Waals surface area contributed by atoms with Gasteiger partial charge in [-0.15, -0.1) is 0 Å². The van der Waals surface area contributed by atoms with Crippen molar-refractivity contribution in [3.8, 4) is 50.6 Å². The summed E-state index contributed by atoms with van der Waals surface area (Å²) in [5.74, 6) is -2.96. The SMILES string of the molecule is [C-]#[N+]c1ccc(-c2cc(-c3ccccc3)cc(N(c3ccc(F)cc3F)c3ccc4ccc5c(N(c6cc(-c7ccccc7)cc(-c7ccc(C#N)cc7)c6)c6ccc(F)cc6F)ccc6ccc3c4c65)c2)cc1. The van der Waals surface area contributed by atoms with Gasteiger partial charge in [-0.05, 0) is 151 Å². The van der Waals surface area contributed by atoms with Gasteiger partial charge in [-0.2, -0.15) is 5.26 Å². The number of hydrogen-bond acceptors (Lipinski definition) is 3. The molecule has 0 spiro atoms. The summed E-state index contributed by atoms with van der Waals surface area (Å²) in [4.78, 5) is 7.24. The average molecular weight is 963 g/mol. The summed E-state index contributed by atoms with van der Waals surface area (Å²) < 4.78 is 63.0. The van der Waals surface area contributed by atoms with Crippen molar-refractivity contribution in [2.24, 2.45) is 0 Å². The van der Waals surface area contributed by atoms with Crippen LogP contribution < -0.4 is 9.80 Å². The van der Waals surface area contributed by atoms with E-state index in [0.29, 0.717) is 34.0 Å². The van der Waals surface area contributed by atoms with Crippen LogP contribution in [0.5, 0.6) is 0 Å². The number of halogens is 4. The van der Waals surface area contributed by atoms with Gasteiger partial charge < -0.3 is 9.80 Å². The third-order valence-electron chi connectivity index (χ3n) is 13.6. The summed E-state index contributed by atoms with van der Waals surface area (Å²) >= 11 is 0. The molecule has 0 unspecified atom stereocenters. The zero-order valence-corrected chi connectivity index (χ0v) is 39.2. The molecule has 0 bridgehead atoms. The minimum absolute atomic E-state index is 0.119. The molecule has 0 aliphatic carbocycles. The van der Waals surface area contributed by atoms with Crippen molar-refractivity contribution < 1.29 is 17.6 Å². The molecule has 8 heteroatoms. The van der Waals surface area contributed by atoms with Gasteiger partial charge in [0.1, 0.15) is 23.3 Å². The van der Waals surface area contributed by atoms with Crippen molar-refractivity contribution in [1.82, 2.24) is 0 Å². The molecule has 4 nitrogen and oxygen atoms in total. The second-order valence-electron chi connectivity index (χ2n) is 18.1. The second-order valence-corrected chi connectivity index (χ2v) is 18.1. The maximum atomic E-state index is 16.6. The molecule has 0 N–H and O–H groups in total. The van der Waals surface area contributed by atoms with E-state index in [1.165, 1.54) is 24.3 Å². The number of anilines is 6. The highest BCUT2D eigenvalue weighted by Gasteiger charge is 2.26. The third-order valence-corrected chi connectivity index (χ3v) is 13.6. The van der Waals surface area contributed by atoms with E-state index < -0.39 is 23.3 Å². The van der Waals surface area contributed by atoms with Gasteiger partial charge in [-0.3, -0.25) is 0 Å². The largest absolute Gasteiger partial charge is 0.307 e. The van der Waals surface area contributed by atoms with Gasteiger partial charge in [0.2, 0.25) is 0 Å². The lowest BCUT2D eigenvalue weighted by atomic mass is 9.91. The zero-order valence-electron chi connectivity index (χ0n) is 39.2. The molecule has 0 aromatic heterocycles. The fraction of sp³-hybridized carbons (Fsp3) is 0. The molecule has 0 radical (unpaired) electrons. The van der Waals surface area contributed by atoms with Crippen LogP contribution >= 0.6 is 0 Å². The minimum Gasteiger partial charge on any atom is -0.307 e. The number of rotatable bonds is 10. The Morgan fingerprint density at radius 1 is 0.365 bits per heavy atom. The fourth-order valence-electron chi connectivity index (χ4n) is 10.2. The molecule has 12 rings (SSSR count). The Balaban J connectivity index is 1.11. The highest BCUT2D eigenvalue weighted by molar-refractivity contribution is 6.28. The normalized spacial score (nSPS) is 11.2. The van der Waals surface area contributed by atoms with E-state index in [4.69, 9.17) is 6.57 Å². The first-order valence-electron chi connectivity index (χ1n) is 23.8. The van der Waals surface area contributed by atoms with Gasteiger partial charge in [0, 0.05) is 34.3 Å². The van der Waals surface area contributed by atoms with Gasteiger partial charge in [-0.1, -0.05) is 133 Å². The van der Waals surface area contributed by atoms with E-state index in [0.717, 1.165) is 89.0 Å². The standard InChI is InChI=1S/C66H38F4N4/c1-72-54-24-16-45(17-25-54)51-33-49(43-10-6-3-7-11-43)35-56(37-51)74(64-31-23-53(68)39-60(64)70)62-29-21-47-18-26-57-61(28-20-46-19-27-58(62)66(47)65(46)57)73(63-30-22-52(67)38-59(63)69)55-34-48(42-8-4-2-5-9-42)32-50(36-55)44-14-12-41(40-71)13-15-44/h2-39H. The summed E-state index contributed by atoms with van der Waals surface area (Å²) in [5, 5.41) is 14.7. The molecular weight excluding hydrogens is 925 g/mol. The number of nitrogens with zero attached hydrogens (tertiary/aromatic N) is 4. The van der Waals surface area contributed by atoms with E-state index >= 15 is 8.78 Å². The van der Waals surface area contributed by atoms with Crippen molar-refractivity contribution >= 4 is 72.1 Å². The van der Waals surface area contributed by atoms with Crippen molar-refractivity contribution in [2.75, 3.05) is 9.80 Å². The van der Waals surface area contributed by atoms with Crippen LogP contribution in [-0.4, -0.2) is 0 Å². The lowest BCUT2D eigenvalue weighted by Gasteiger charge is -2.30. The molecular formula is C66H38F4N4. The van der Waals surface area contributed by atoms with Crippen LogP contribution in [0.3, 0.4) is 0 Å². The Morgan fingerprint density at radius 3 is 1.14 bits per heavy atom. The van der Waals surface area contributed by atoms with Gasteiger partial charge in [0.05, 0.1) is 41.0 Å². The molecule has 350 valence electrons. The van der Waals surface area contributed by atoms with Crippen LogP contribution in [0.25, 0.3) is 81.7 Å². The average Bonchev–Trinajstić information content (AvgIpc) is 3.46. The number of hydrogen-bond donors (Lipinski definition) is 0. The third kappa shape index (κ3) is 8.17. The highest BCUT2D eigenvalue weighted by atomic mass is 19.1. The van der Waals surface area contributed by atoms with Crippen LogP contribution in [0, 0.1) is 41.2 Å². The summed E-state index contributed by atoms with van der Waals surface area (Å²) in [6.45, 7) is 7.56. The van der Waals surface area contributed by atoms with Gasteiger partial charge in [0.25, 0.3) is 0 Å². The van der Waals surface area contributed by atoms with E-state index in [9.17, 15) is 14.0 Å². The smallest absolute Gasteiger partial charge is 0.187 e. The van der Waals surface area contributed by atoms with E-state index in [2.05, 4.69) is 23.0 Å². The molecule has 0 heterocycles. The molecule has 0 amide bonds. The Bertz CT molecular complexity index is 3930. The van der Waals surface area contributed by atoms with Crippen molar-refractivity contribution in [2.45, 2.75) is 0 Å². The number of nitriles is 1. The van der Waals surface area contributed by atoms with Gasteiger partial charge in [-0.25, -0.2) is 22.4 Å². The molecule has 12 aromatic rings. The Labute approximate surface area is 424 Å². The molecule has 74 heavy (non-hydrogen) atoms. The minimum atomic E-state index is -0.764. The quantitative estimate of drug-likeness (QED) is 0.0778. The van der Waals surface area contributed by atoms with Crippen molar-refractivity contribution in [3.05, 3.63) is 271 Å². The summed E-state index contributed by atoms with van der Waals surface area (Å²) in [6, 6.07) is 71.7. The summed E-state index contributed by atoms with van der Waals surface area (Å²) in [6.07, 6.45) is 0. The summed E-state index contributed by atoms with van der Waals surface area (Å²) in [5.41, 5.74) is 10.6. The molecule has 0 fully saturated rings. The van der Waals surface area contributed by atoms with Crippen LogP contribution in [0.2, 0.25) is 0 Å². The fourth-order valence-corrected chi connectivity index (χ4v) is 10.2. The Hall–Kier alpha value is -10.0. The molecule has 12 aromatic carbocycles. The first-order valence-corrected chi connectivity index (χ1v) is 23.8. The van der Waals surface area contributed by atoms with Crippen LogP contribution in [0.15, 0.2) is 231 Å². The summed E-state index contributed by atoms with van der Waals surface area (Å²) in [7, 11) is 0. The van der Waals surface area contributed by atoms with E-state index in [1.807, 2.05) is 168 Å². The Kier molecular flexibility index (Phi) is 11.4. The lowest BCUT2D eigenvalue weighted by Crippen LogP contribution is -2.14. The molecule has 0 saturated heterocycles. The maximum absolute atomic E-state index is 16.6. The van der Waals surface area contributed by atoms with Crippen LogP contribution in [0.1, 0.15) is 5.56 Å². The first-order chi connectivity index (χ1) is 36.2. The van der Waals surface area contributed by atoms with Gasteiger partial charge in [0.15, 0.2) is 5.69 Å². The van der Waals surface area contributed by atoms with Crippen LogP contribution in [0.4, 0.5) is 57.4 Å². The van der Waals surface area contributed by atoms with Crippen molar-refractivity contribution in [1.29, 1.82) is 5.26 Å². The van der Waals surface area contributed by atoms with Crippen molar-refractivity contribution in [3.63, 3.8) is 0 Å². The van der Waals surface area contributed by atoms with E-state index in [-0.39, 0.29) is 11.4 Å². The first kappa shape index (κ1) is 45.1. The molecule has 0 saturated carbocycles.